The Morgan fingerprint density at radius 3 is 2.45 bits per heavy atom. The van der Waals surface area contributed by atoms with Gasteiger partial charge in [-0.2, -0.15) is 5.10 Å². The fourth-order valence-electron chi connectivity index (χ4n) is 4.06. The predicted molar refractivity (Wildman–Crippen MR) is 121 cm³/mol. The third-order valence-electron chi connectivity index (χ3n) is 5.45. The van der Waals surface area contributed by atoms with E-state index in [0.29, 0.717) is 18.5 Å². The van der Waals surface area contributed by atoms with Gasteiger partial charge in [-0.25, -0.2) is 4.68 Å². The number of rotatable bonds is 7. The summed E-state index contributed by atoms with van der Waals surface area (Å²) in [6.45, 7) is 7.53. The van der Waals surface area contributed by atoms with Crippen molar-refractivity contribution >= 4 is 5.91 Å². The molecule has 2 heterocycles. The fraction of sp³-hybridized carbons (Fsp3) is 0.360. The van der Waals surface area contributed by atoms with Crippen molar-refractivity contribution in [3.63, 3.8) is 0 Å². The summed E-state index contributed by atoms with van der Waals surface area (Å²) in [5, 5.41) is 7.57. The van der Waals surface area contributed by atoms with Crippen LogP contribution in [-0.4, -0.2) is 52.4 Å². The Morgan fingerprint density at radius 2 is 1.74 bits per heavy atom. The summed E-state index contributed by atoms with van der Waals surface area (Å²) in [6, 6.07) is 19.9. The van der Waals surface area contributed by atoms with Gasteiger partial charge in [-0.05, 0) is 49.7 Å². The van der Waals surface area contributed by atoms with Gasteiger partial charge in [-0.1, -0.05) is 30.3 Å². The van der Waals surface area contributed by atoms with Gasteiger partial charge in [0.25, 0.3) is 5.91 Å². The topological polar surface area (TPSA) is 59.4 Å². The maximum absolute atomic E-state index is 12.5. The van der Waals surface area contributed by atoms with Gasteiger partial charge >= 0.3 is 0 Å². The number of amides is 1. The molecule has 4 rings (SSSR count). The lowest BCUT2D eigenvalue weighted by molar-refractivity contribution is -0.0704. The zero-order valence-corrected chi connectivity index (χ0v) is 18.2. The van der Waals surface area contributed by atoms with Gasteiger partial charge < -0.3 is 10.1 Å². The molecular weight excluding hydrogens is 388 g/mol. The Kier molecular flexibility index (Phi) is 6.79. The number of carbonyl (C=O) groups excluding carboxylic acids is 1. The molecule has 162 valence electrons. The molecule has 1 aliphatic heterocycles. The van der Waals surface area contributed by atoms with Crippen LogP contribution < -0.4 is 5.32 Å². The minimum absolute atomic E-state index is 0.0531. The van der Waals surface area contributed by atoms with Crippen LogP contribution in [0.5, 0.6) is 0 Å². The van der Waals surface area contributed by atoms with Gasteiger partial charge in [0.05, 0.1) is 23.6 Å². The van der Waals surface area contributed by atoms with E-state index in [1.807, 2.05) is 71.5 Å². The van der Waals surface area contributed by atoms with Crippen molar-refractivity contribution in [2.75, 3.05) is 19.6 Å². The van der Waals surface area contributed by atoms with Crippen LogP contribution in [0.2, 0.25) is 0 Å². The summed E-state index contributed by atoms with van der Waals surface area (Å²) in [7, 11) is 0. The molecule has 2 aromatic carbocycles. The summed E-state index contributed by atoms with van der Waals surface area (Å²) < 4.78 is 7.65. The van der Waals surface area contributed by atoms with Crippen LogP contribution in [0.3, 0.4) is 0 Å². The molecule has 0 aliphatic carbocycles. The third kappa shape index (κ3) is 5.81. The summed E-state index contributed by atoms with van der Waals surface area (Å²) in [5.74, 6) is -0.0531. The van der Waals surface area contributed by atoms with Gasteiger partial charge in [-0.15, -0.1) is 0 Å². The molecule has 1 fully saturated rings. The van der Waals surface area contributed by atoms with Crippen LogP contribution in [-0.2, 0) is 17.7 Å². The molecule has 1 aliphatic rings. The number of carbonyl (C=O) groups is 1. The minimum atomic E-state index is -0.0531. The average molecular weight is 419 g/mol. The maximum atomic E-state index is 12.5. The molecule has 0 bridgehead atoms. The van der Waals surface area contributed by atoms with E-state index in [2.05, 4.69) is 29.2 Å². The lowest BCUT2D eigenvalue weighted by atomic mass is 10.1. The molecule has 31 heavy (non-hydrogen) atoms. The van der Waals surface area contributed by atoms with E-state index in [1.165, 1.54) is 5.56 Å². The smallest absolute Gasteiger partial charge is 0.251 e. The highest BCUT2D eigenvalue weighted by Crippen LogP contribution is 2.15. The van der Waals surface area contributed by atoms with Crippen LogP contribution in [0.1, 0.15) is 35.5 Å². The zero-order chi connectivity index (χ0) is 21.6. The van der Waals surface area contributed by atoms with Crippen molar-refractivity contribution in [2.24, 2.45) is 0 Å². The van der Waals surface area contributed by atoms with Crippen molar-refractivity contribution in [1.82, 2.24) is 20.0 Å². The Balaban J connectivity index is 1.25. The SMILES string of the molecule is CC1CN(Cc2ccc(C(=O)NCCc3ccn(-c4ccccc4)n3)cc2)CC(C)O1. The Hall–Kier alpha value is -2.96. The first-order valence-electron chi connectivity index (χ1n) is 10.9. The monoisotopic (exact) mass is 418 g/mol. The molecule has 6 nitrogen and oxygen atoms in total. The van der Waals surface area contributed by atoms with Crippen molar-refractivity contribution in [3.05, 3.63) is 83.7 Å². The molecule has 2 atom stereocenters. The van der Waals surface area contributed by atoms with Gasteiger partial charge in [-0.3, -0.25) is 9.69 Å². The van der Waals surface area contributed by atoms with Crippen LogP contribution >= 0.6 is 0 Å². The fourth-order valence-corrected chi connectivity index (χ4v) is 4.06. The normalized spacial score (nSPS) is 19.3. The van der Waals surface area contributed by atoms with Gasteiger partial charge in [0, 0.05) is 44.4 Å². The minimum Gasteiger partial charge on any atom is -0.373 e. The van der Waals surface area contributed by atoms with Crippen LogP contribution in [0.4, 0.5) is 0 Å². The van der Waals surface area contributed by atoms with Crippen LogP contribution in [0.25, 0.3) is 5.69 Å². The maximum Gasteiger partial charge on any atom is 0.251 e. The van der Waals surface area contributed by atoms with Crippen LogP contribution in [0, 0.1) is 0 Å². The summed E-state index contributed by atoms with van der Waals surface area (Å²) in [5.41, 5.74) is 3.87. The molecule has 0 radical (unpaired) electrons. The Morgan fingerprint density at radius 1 is 1.03 bits per heavy atom. The van der Waals surface area contributed by atoms with Gasteiger partial charge in [0.15, 0.2) is 0 Å². The highest BCUT2D eigenvalue weighted by Gasteiger charge is 2.22. The molecule has 0 spiro atoms. The highest BCUT2D eigenvalue weighted by atomic mass is 16.5. The standard InChI is InChI=1S/C25H30N4O2/c1-19-16-28(17-20(2)31-19)18-21-8-10-22(11-9-21)25(30)26-14-12-23-13-15-29(27-23)24-6-4-3-5-7-24/h3-11,13,15,19-20H,12,14,16-18H2,1-2H3,(H,26,30). The first-order chi connectivity index (χ1) is 15.1. The summed E-state index contributed by atoms with van der Waals surface area (Å²) >= 11 is 0. The van der Waals surface area contributed by atoms with Crippen LogP contribution in [0.15, 0.2) is 66.9 Å². The Bertz CT molecular complexity index is 974. The first-order valence-corrected chi connectivity index (χ1v) is 10.9. The molecule has 3 aromatic rings. The molecule has 1 N–H and O–H groups in total. The second-order valence-electron chi connectivity index (χ2n) is 8.24. The van der Waals surface area contributed by atoms with E-state index >= 15 is 0 Å². The molecule has 0 saturated carbocycles. The number of benzene rings is 2. The number of nitrogens with zero attached hydrogens (tertiary/aromatic N) is 3. The van der Waals surface area contributed by atoms with E-state index in [9.17, 15) is 4.79 Å². The highest BCUT2D eigenvalue weighted by molar-refractivity contribution is 5.94. The number of nitrogens with one attached hydrogen (secondary N) is 1. The van der Waals surface area contributed by atoms with E-state index in [0.717, 1.165) is 31.0 Å². The summed E-state index contributed by atoms with van der Waals surface area (Å²) in [6.07, 6.45) is 3.15. The van der Waals surface area contributed by atoms with E-state index < -0.39 is 0 Å². The third-order valence-corrected chi connectivity index (χ3v) is 5.45. The second-order valence-corrected chi connectivity index (χ2v) is 8.24. The predicted octanol–water partition coefficient (Wildman–Crippen LogP) is 3.45. The van der Waals surface area contributed by atoms with E-state index in [1.54, 1.807) is 0 Å². The molecule has 1 saturated heterocycles. The van der Waals surface area contributed by atoms with Crippen molar-refractivity contribution < 1.29 is 9.53 Å². The van der Waals surface area contributed by atoms with Crippen molar-refractivity contribution in [1.29, 1.82) is 0 Å². The number of hydrogen-bond acceptors (Lipinski definition) is 4. The molecule has 1 amide bonds. The molecule has 6 heteroatoms. The lowest BCUT2D eigenvalue weighted by Gasteiger charge is -2.35. The van der Waals surface area contributed by atoms with Crippen molar-refractivity contribution in [2.45, 2.75) is 39.0 Å². The number of hydrogen-bond donors (Lipinski definition) is 1. The second kappa shape index (κ2) is 9.90. The van der Waals surface area contributed by atoms with Crippen molar-refractivity contribution in [3.8, 4) is 5.69 Å². The zero-order valence-electron chi connectivity index (χ0n) is 18.2. The quantitative estimate of drug-likeness (QED) is 0.638. The largest absolute Gasteiger partial charge is 0.373 e. The Labute approximate surface area is 183 Å². The molecule has 1 aromatic heterocycles. The summed E-state index contributed by atoms with van der Waals surface area (Å²) in [4.78, 5) is 14.9. The van der Waals surface area contributed by atoms with E-state index in [4.69, 9.17) is 4.74 Å². The molecule has 2 unspecified atom stereocenters. The average Bonchev–Trinajstić information content (AvgIpc) is 3.23. The van der Waals surface area contributed by atoms with E-state index in [-0.39, 0.29) is 18.1 Å². The number of ether oxygens (including phenoxy) is 1. The number of aromatic nitrogens is 2. The number of para-hydroxylation sites is 1. The lowest BCUT2D eigenvalue weighted by Crippen LogP contribution is -2.44. The number of morpholine rings is 1. The molecular formula is C25H30N4O2. The van der Waals surface area contributed by atoms with Gasteiger partial charge in [0.2, 0.25) is 0 Å². The van der Waals surface area contributed by atoms with Gasteiger partial charge in [0.1, 0.15) is 0 Å². The first kappa shape index (κ1) is 21.3.